The second-order valence-electron chi connectivity index (χ2n) is 6.12. The third kappa shape index (κ3) is 2.99. The topological polar surface area (TPSA) is 56.7 Å². The molecule has 2 aromatic carbocycles. The number of halogens is 1. The summed E-state index contributed by atoms with van der Waals surface area (Å²) in [5, 5.41) is 4.79. The highest BCUT2D eigenvalue weighted by Gasteiger charge is 2.20. The summed E-state index contributed by atoms with van der Waals surface area (Å²) in [4.78, 5) is 9.08. The molecule has 7 heteroatoms. The fourth-order valence-corrected chi connectivity index (χ4v) is 3.61. The summed E-state index contributed by atoms with van der Waals surface area (Å²) >= 11 is 1.54. The summed E-state index contributed by atoms with van der Waals surface area (Å²) in [6, 6.07) is 12.9. The molecule has 4 aromatic rings. The number of fused-ring (bicyclic) bond motifs is 1. The molecule has 0 bridgehead atoms. The first kappa shape index (κ1) is 16.8. The third-order valence-electron chi connectivity index (χ3n) is 4.25. The Balaban J connectivity index is 1.58. The lowest BCUT2D eigenvalue weighted by Crippen LogP contribution is -1.95. The van der Waals surface area contributed by atoms with Crippen LogP contribution < -0.4 is 0 Å². The Kier molecular flexibility index (Phi) is 4.24. The molecule has 132 valence electrons. The molecule has 0 saturated carbocycles. The molecule has 0 aliphatic carbocycles. The number of benzene rings is 2. The molecule has 5 nitrogen and oxygen atoms in total. The van der Waals surface area contributed by atoms with Crippen molar-refractivity contribution in [2.45, 2.75) is 24.3 Å². The zero-order valence-electron chi connectivity index (χ0n) is 14.6. The summed E-state index contributed by atoms with van der Waals surface area (Å²) in [5.41, 5.74) is 3.21. The van der Waals surface area contributed by atoms with Crippen molar-refractivity contribution in [3.8, 4) is 11.4 Å². The van der Waals surface area contributed by atoms with Gasteiger partial charge in [0.15, 0.2) is 5.16 Å². The van der Waals surface area contributed by atoms with Crippen molar-refractivity contribution in [1.29, 1.82) is 0 Å². The molecule has 0 spiro atoms. The third-order valence-corrected chi connectivity index (χ3v) is 5.38. The van der Waals surface area contributed by atoms with Gasteiger partial charge in [-0.05, 0) is 37.6 Å². The summed E-state index contributed by atoms with van der Waals surface area (Å²) in [7, 11) is 1.98. The van der Waals surface area contributed by atoms with E-state index < -0.39 is 0 Å². The number of hydrogen-bond donors (Lipinski definition) is 0. The fourth-order valence-electron chi connectivity index (χ4n) is 2.69. The lowest BCUT2D eigenvalue weighted by molar-refractivity contribution is 0.380. The van der Waals surface area contributed by atoms with Gasteiger partial charge in [0.25, 0.3) is 0 Å². The Labute approximate surface area is 154 Å². The van der Waals surface area contributed by atoms with E-state index in [0.717, 1.165) is 16.2 Å². The van der Waals surface area contributed by atoms with Crippen molar-refractivity contribution in [3.05, 3.63) is 59.7 Å². The largest absolute Gasteiger partial charge is 0.338 e. The van der Waals surface area contributed by atoms with Gasteiger partial charge in [-0.1, -0.05) is 41.2 Å². The quantitative estimate of drug-likeness (QED) is 0.478. The number of imidazole rings is 1. The second-order valence-corrected chi connectivity index (χ2v) is 7.43. The van der Waals surface area contributed by atoms with Crippen molar-refractivity contribution >= 4 is 22.8 Å². The van der Waals surface area contributed by atoms with Crippen LogP contribution in [0, 0.1) is 12.7 Å². The fraction of sp³-hybridized carbons (Fsp3) is 0.211. The van der Waals surface area contributed by atoms with Gasteiger partial charge in [-0.15, -0.1) is 0 Å². The van der Waals surface area contributed by atoms with E-state index in [1.54, 1.807) is 30.8 Å². The van der Waals surface area contributed by atoms with Gasteiger partial charge in [0, 0.05) is 12.6 Å². The number of thioether (sulfide) groups is 1. The van der Waals surface area contributed by atoms with Crippen LogP contribution in [0.1, 0.15) is 23.6 Å². The van der Waals surface area contributed by atoms with Crippen molar-refractivity contribution in [3.63, 3.8) is 0 Å². The molecule has 0 amide bonds. The van der Waals surface area contributed by atoms with Gasteiger partial charge < -0.3 is 9.09 Å². The maximum atomic E-state index is 13.8. The highest BCUT2D eigenvalue weighted by molar-refractivity contribution is 7.99. The maximum absolute atomic E-state index is 13.8. The van der Waals surface area contributed by atoms with Crippen molar-refractivity contribution in [1.82, 2.24) is 19.7 Å². The Morgan fingerprint density at radius 3 is 2.73 bits per heavy atom. The zero-order chi connectivity index (χ0) is 18.3. The van der Waals surface area contributed by atoms with E-state index in [4.69, 9.17) is 4.52 Å². The molecule has 0 aliphatic rings. The first-order chi connectivity index (χ1) is 12.5. The molecule has 0 radical (unpaired) electrons. The Bertz CT molecular complexity index is 1090. The zero-order valence-corrected chi connectivity index (χ0v) is 15.4. The standard InChI is InChI=1S/C19H17FN4OS/c1-11-8-9-13(10-14(11)20)17-22-18(25-23-17)12(2)26-19-21-15-6-4-5-7-16(15)24(19)3/h4-10,12H,1-3H3. The second kappa shape index (κ2) is 6.57. The Morgan fingerprint density at radius 1 is 1.15 bits per heavy atom. The van der Waals surface area contributed by atoms with Crippen molar-refractivity contribution in [2.24, 2.45) is 7.05 Å². The summed E-state index contributed by atoms with van der Waals surface area (Å²) in [6.45, 7) is 3.70. The summed E-state index contributed by atoms with van der Waals surface area (Å²) in [5.74, 6) is 0.588. The van der Waals surface area contributed by atoms with Crippen LogP contribution in [0.15, 0.2) is 52.1 Å². The average molecular weight is 368 g/mol. The minimum absolute atomic E-state index is 0.0814. The normalized spacial score (nSPS) is 12.6. The van der Waals surface area contributed by atoms with Crippen LogP contribution in [0.3, 0.4) is 0 Å². The smallest absolute Gasteiger partial charge is 0.240 e. The predicted octanol–water partition coefficient (Wildman–Crippen LogP) is 4.92. The Morgan fingerprint density at radius 2 is 1.96 bits per heavy atom. The van der Waals surface area contributed by atoms with E-state index >= 15 is 0 Å². The van der Waals surface area contributed by atoms with Crippen LogP contribution in [0.5, 0.6) is 0 Å². The predicted molar refractivity (Wildman–Crippen MR) is 99.4 cm³/mol. The van der Waals surface area contributed by atoms with E-state index in [1.165, 1.54) is 6.07 Å². The first-order valence-corrected chi connectivity index (χ1v) is 9.09. The Hall–Kier alpha value is -2.67. The van der Waals surface area contributed by atoms with Crippen molar-refractivity contribution < 1.29 is 8.91 Å². The molecule has 26 heavy (non-hydrogen) atoms. The van der Waals surface area contributed by atoms with E-state index in [1.807, 2.05) is 42.8 Å². The number of nitrogens with zero attached hydrogens (tertiary/aromatic N) is 4. The molecule has 1 unspecified atom stereocenters. The molecule has 2 heterocycles. The van der Waals surface area contributed by atoms with Gasteiger partial charge in [-0.2, -0.15) is 4.98 Å². The molecule has 0 saturated heterocycles. The lowest BCUT2D eigenvalue weighted by atomic mass is 10.1. The van der Waals surface area contributed by atoms with Gasteiger partial charge in [0.05, 0.1) is 16.3 Å². The van der Waals surface area contributed by atoms with E-state index in [-0.39, 0.29) is 11.1 Å². The number of aromatic nitrogens is 4. The van der Waals surface area contributed by atoms with Gasteiger partial charge >= 0.3 is 0 Å². The lowest BCUT2D eigenvalue weighted by Gasteiger charge is -2.06. The SMILES string of the molecule is Cc1ccc(-c2noc(C(C)Sc3nc4ccccc4n3C)n2)cc1F. The number of hydrogen-bond acceptors (Lipinski definition) is 5. The van der Waals surface area contributed by atoms with Crippen LogP contribution in [-0.2, 0) is 7.05 Å². The number of para-hydroxylation sites is 2. The van der Waals surface area contributed by atoms with Crippen LogP contribution in [-0.4, -0.2) is 19.7 Å². The molecule has 0 fully saturated rings. The van der Waals surface area contributed by atoms with Gasteiger partial charge in [-0.25, -0.2) is 9.37 Å². The maximum Gasteiger partial charge on any atom is 0.240 e. The summed E-state index contributed by atoms with van der Waals surface area (Å²) in [6.07, 6.45) is 0. The van der Waals surface area contributed by atoms with Crippen LogP contribution in [0.25, 0.3) is 22.4 Å². The monoisotopic (exact) mass is 368 g/mol. The molecule has 1 atom stereocenters. The van der Waals surface area contributed by atoms with Crippen LogP contribution in [0.4, 0.5) is 4.39 Å². The number of rotatable bonds is 4. The van der Waals surface area contributed by atoms with Gasteiger partial charge in [0.1, 0.15) is 5.82 Å². The van der Waals surface area contributed by atoms with Crippen LogP contribution in [0.2, 0.25) is 0 Å². The molecule has 0 aliphatic heterocycles. The van der Waals surface area contributed by atoms with Crippen LogP contribution >= 0.6 is 11.8 Å². The minimum atomic E-state index is -0.282. The first-order valence-electron chi connectivity index (χ1n) is 8.21. The average Bonchev–Trinajstić information content (AvgIpc) is 3.24. The van der Waals surface area contributed by atoms with E-state index in [2.05, 4.69) is 15.1 Å². The summed E-state index contributed by atoms with van der Waals surface area (Å²) < 4.78 is 21.2. The van der Waals surface area contributed by atoms with Crippen molar-refractivity contribution in [2.75, 3.05) is 0 Å². The number of aryl methyl sites for hydroxylation is 2. The highest BCUT2D eigenvalue weighted by atomic mass is 32.2. The molecular weight excluding hydrogens is 351 g/mol. The van der Waals surface area contributed by atoms with Gasteiger partial charge in [-0.3, -0.25) is 0 Å². The molecular formula is C19H17FN4OS. The molecule has 4 rings (SSSR count). The molecule has 0 N–H and O–H groups in total. The molecule has 2 aromatic heterocycles. The van der Waals surface area contributed by atoms with E-state index in [0.29, 0.717) is 22.8 Å². The minimum Gasteiger partial charge on any atom is -0.338 e. The van der Waals surface area contributed by atoms with Gasteiger partial charge in [0.2, 0.25) is 11.7 Å². The highest BCUT2D eigenvalue weighted by Crippen LogP contribution is 2.35. The van der Waals surface area contributed by atoms with E-state index in [9.17, 15) is 4.39 Å².